The van der Waals surface area contributed by atoms with Gasteiger partial charge < -0.3 is 0 Å². The van der Waals surface area contributed by atoms with E-state index in [-0.39, 0.29) is 0 Å². The quantitative estimate of drug-likeness (QED) is 0.499. The molecule has 14 heavy (non-hydrogen) atoms. The smallest absolute Gasteiger partial charge is 0.225 e. The SMILES string of the molecule is C#CC[n+]1ccn(-c2ccccn2)c1. The van der Waals surface area contributed by atoms with Gasteiger partial charge >= 0.3 is 0 Å². The van der Waals surface area contributed by atoms with E-state index < -0.39 is 0 Å². The van der Waals surface area contributed by atoms with Gasteiger partial charge in [-0.1, -0.05) is 12.0 Å². The number of pyridine rings is 1. The van der Waals surface area contributed by atoms with Crippen LogP contribution in [-0.4, -0.2) is 9.55 Å². The minimum absolute atomic E-state index is 0.583. The van der Waals surface area contributed by atoms with E-state index in [0.717, 1.165) is 5.82 Å². The summed E-state index contributed by atoms with van der Waals surface area (Å²) in [6, 6.07) is 5.79. The lowest BCUT2D eigenvalue weighted by Crippen LogP contribution is -2.29. The second-order valence-electron chi connectivity index (χ2n) is 2.89. The molecule has 2 aromatic heterocycles. The Hall–Kier alpha value is -2.08. The van der Waals surface area contributed by atoms with Gasteiger partial charge in [-0.3, -0.25) is 0 Å². The van der Waals surface area contributed by atoms with Crippen molar-refractivity contribution in [2.45, 2.75) is 6.54 Å². The summed E-state index contributed by atoms with van der Waals surface area (Å²) in [5.41, 5.74) is 0. The van der Waals surface area contributed by atoms with Crippen molar-refractivity contribution < 1.29 is 4.57 Å². The van der Waals surface area contributed by atoms with Gasteiger partial charge in [0.2, 0.25) is 5.82 Å². The molecule has 0 fully saturated rings. The maximum atomic E-state index is 5.21. The average Bonchev–Trinajstić information content (AvgIpc) is 2.68. The fourth-order valence-electron chi connectivity index (χ4n) is 1.24. The van der Waals surface area contributed by atoms with Gasteiger partial charge in [0, 0.05) is 12.3 Å². The number of rotatable bonds is 2. The van der Waals surface area contributed by atoms with Crippen molar-refractivity contribution in [3.63, 3.8) is 0 Å². The van der Waals surface area contributed by atoms with Crippen LogP contribution in [0.4, 0.5) is 0 Å². The summed E-state index contributed by atoms with van der Waals surface area (Å²) in [5.74, 6) is 3.47. The molecule has 0 N–H and O–H groups in total. The van der Waals surface area contributed by atoms with Crippen molar-refractivity contribution >= 4 is 0 Å². The monoisotopic (exact) mass is 184 g/mol. The normalized spacial score (nSPS) is 9.64. The van der Waals surface area contributed by atoms with Gasteiger partial charge in [0.05, 0.1) is 0 Å². The van der Waals surface area contributed by atoms with Gasteiger partial charge in [0.1, 0.15) is 12.4 Å². The lowest BCUT2D eigenvalue weighted by molar-refractivity contribution is -0.684. The molecule has 2 heterocycles. The summed E-state index contributed by atoms with van der Waals surface area (Å²) in [7, 11) is 0. The zero-order valence-electron chi connectivity index (χ0n) is 7.67. The van der Waals surface area contributed by atoms with Crippen molar-refractivity contribution in [2.75, 3.05) is 0 Å². The molecule has 0 aliphatic heterocycles. The highest BCUT2D eigenvalue weighted by atomic mass is 15.1. The summed E-state index contributed by atoms with van der Waals surface area (Å²) < 4.78 is 3.85. The first-order valence-electron chi connectivity index (χ1n) is 4.32. The first-order valence-corrected chi connectivity index (χ1v) is 4.32. The highest BCUT2D eigenvalue weighted by Gasteiger charge is 2.04. The third kappa shape index (κ3) is 1.64. The van der Waals surface area contributed by atoms with Gasteiger partial charge in [0.15, 0.2) is 6.54 Å². The van der Waals surface area contributed by atoms with Crippen LogP contribution in [0.15, 0.2) is 43.1 Å². The molecular formula is C11H10N3+. The van der Waals surface area contributed by atoms with Gasteiger partial charge in [-0.15, -0.1) is 6.42 Å². The molecule has 2 rings (SSSR count). The van der Waals surface area contributed by atoms with Crippen molar-refractivity contribution in [2.24, 2.45) is 0 Å². The van der Waals surface area contributed by atoms with Crippen molar-refractivity contribution in [1.29, 1.82) is 0 Å². The van der Waals surface area contributed by atoms with Crippen LogP contribution in [0.3, 0.4) is 0 Å². The Morgan fingerprint density at radius 3 is 3.14 bits per heavy atom. The first-order chi connectivity index (χ1) is 6.90. The number of nitrogens with zero attached hydrogens (tertiary/aromatic N) is 3. The minimum atomic E-state index is 0.583. The molecule has 0 aliphatic rings. The van der Waals surface area contributed by atoms with Gasteiger partial charge in [0.25, 0.3) is 6.33 Å². The molecule has 0 spiro atoms. The highest BCUT2D eigenvalue weighted by molar-refractivity contribution is 5.19. The number of hydrogen-bond acceptors (Lipinski definition) is 1. The predicted molar refractivity (Wildman–Crippen MR) is 52.6 cm³/mol. The molecule has 3 heteroatoms. The fraction of sp³-hybridized carbons (Fsp3) is 0.0909. The Morgan fingerprint density at radius 2 is 2.43 bits per heavy atom. The van der Waals surface area contributed by atoms with Crippen LogP contribution in [0.2, 0.25) is 0 Å². The average molecular weight is 184 g/mol. The van der Waals surface area contributed by atoms with E-state index in [2.05, 4.69) is 10.9 Å². The lowest BCUT2D eigenvalue weighted by Gasteiger charge is -1.91. The summed E-state index contributed by atoms with van der Waals surface area (Å²) in [4.78, 5) is 4.22. The Balaban J connectivity index is 2.31. The third-order valence-corrected chi connectivity index (χ3v) is 1.88. The van der Waals surface area contributed by atoms with Gasteiger partial charge in [-0.05, 0) is 6.07 Å². The third-order valence-electron chi connectivity index (χ3n) is 1.88. The molecule has 0 aromatic carbocycles. The van der Waals surface area contributed by atoms with E-state index in [9.17, 15) is 0 Å². The van der Waals surface area contributed by atoms with E-state index in [0.29, 0.717) is 6.54 Å². The van der Waals surface area contributed by atoms with Crippen LogP contribution in [0, 0.1) is 12.3 Å². The summed E-state index contributed by atoms with van der Waals surface area (Å²) >= 11 is 0. The van der Waals surface area contributed by atoms with Crippen molar-refractivity contribution in [3.05, 3.63) is 43.1 Å². The lowest BCUT2D eigenvalue weighted by atomic mass is 10.5. The largest absolute Gasteiger partial charge is 0.251 e. The number of aromatic nitrogens is 3. The Morgan fingerprint density at radius 1 is 1.50 bits per heavy atom. The molecule has 2 aromatic rings. The fourth-order valence-corrected chi connectivity index (χ4v) is 1.24. The number of imidazole rings is 1. The molecule has 0 saturated heterocycles. The second-order valence-corrected chi connectivity index (χ2v) is 2.89. The van der Waals surface area contributed by atoms with Crippen LogP contribution in [0.25, 0.3) is 5.82 Å². The summed E-state index contributed by atoms with van der Waals surface area (Å²) in [6.45, 7) is 0.583. The molecule has 0 saturated carbocycles. The molecule has 68 valence electrons. The number of terminal acetylenes is 1. The second kappa shape index (κ2) is 3.75. The zero-order chi connectivity index (χ0) is 9.80. The van der Waals surface area contributed by atoms with Gasteiger partial charge in [-0.2, -0.15) is 4.57 Å². The van der Waals surface area contributed by atoms with Crippen LogP contribution in [0.1, 0.15) is 0 Å². The molecule has 3 nitrogen and oxygen atoms in total. The maximum Gasteiger partial charge on any atom is 0.251 e. The van der Waals surface area contributed by atoms with Crippen molar-refractivity contribution in [1.82, 2.24) is 9.55 Å². The van der Waals surface area contributed by atoms with Gasteiger partial charge in [-0.25, -0.2) is 9.55 Å². The minimum Gasteiger partial charge on any atom is -0.225 e. The Labute approximate surface area is 82.7 Å². The maximum absolute atomic E-state index is 5.21. The molecule has 0 aliphatic carbocycles. The topological polar surface area (TPSA) is 21.7 Å². The Bertz CT molecular complexity index is 451. The first kappa shape index (κ1) is 8.52. The van der Waals surface area contributed by atoms with E-state index >= 15 is 0 Å². The standard InChI is InChI=1S/C11H10N3/c1-2-7-13-8-9-14(10-13)11-5-3-4-6-12-11/h1,3-6,8-10H,7H2/q+1. The van der Waals surface area contributed by atoms with E-state index in [1.165, 1.54) is 0 Å². The van der Waals surface area contributed by atoms with Crippen LogP contribution >= 0.6 is 0 Å². The van der Waals surface area contributed by atoms with E-state index in [1.807, 2.05) is 46.1 Å². The molecule has 0 unspecified atom stereocenters. The summed E-state index contributed by atoms with van der Waals surface area (Å²) in [5, 5.41) is 0. The van der Waals surface area contributed by atoms with Crippen LogP contribution in [-0.2, 0) is 6.54 Å². The molecule has 0 radical (unpaired) electrons. The predicted octanol–water partition coefficient (Wildman–Crippen LogP) is 0.793. The molecule has 0 atom stereocenters. The van der Waals surface area contributed by atoms with Crippen molar-refractivity contribution in [3.8, 4) is 18.2 Å². The molecule has 0 bridgehead atoms. The Kier molecular flexibility index (Phi) is 2.28. The van der Waals surface area contributed by atoms with Crippen LogP contribution in [0.5, 0.6) is 0 Å². The molecular weight excluding hydrogens is 174 g/mol. The van der Waals surface area contributed by atoms with E-state index in [4.69, 9.17) is 6.42 Å². The highest BCUT2D eigenvalue weighted by Crippen LogP contribution is 1.99. The molecule has 0 amide bonds. The summed E-state index contributed by atoms with van der Waals surface area (Å²) in [6.07, 6.45) is 12.8. The zero-order valence-corrected chi connectivity index (χ0v) is 7.67. The van der Waals surface area contributed by atoms with E-state index in [1.54, 1.807) is 6.20 Å². The number of hydrogen-bond donors (Lipinski definition) is 0. The van der Waals surface area contributed by atoms with Crippen LogP contribution < -0.4 is 4.57 Å².